The third-order valence-electron chi connectivity index (χ3n) is 2.78. The average molecular weight is 302 g/mol. The van der Waals surface area contributed by atoms with Gasteiger partial charge in [0.1, 0.15) is 12.4 Å². The first-order chi connectivity index (χ1) is 8.08. The lowest BCUT2D eigenvalue weighted by molar-refractivity contribution is 0.103. The van der Waals surface area contributed by atoms with E-state index in [2.05, 4.69) is 28.2 Å². The Morgan fingerprint density at radius 3 is 2.76 bits per heavy atom. The summed E-state index contributed by atoms with van der Waals surface area (Å²) in [5.74, 6) is 0.814. The van der Waals surface area contributed by atoms with Gasteiger partial charge < -0.3 is 15.2 Å². The van der Waals surface area contributed by atoms with Crippen LogP contribution in [-0.4, -0.2) is 24.9 Å². The molecular formula is C13H20BrNO2. The second kappa shape index (κ2) is 6.99. The number of nitrogens with one attached hydrogen (secondary N) is 1. The van der Waals surface area contributed by atoms with Gasteiger partial charge in [-0.25, -0.2) is 0 Å². The maximum atomic E-state index is 9.52. The van der Waals surface area contributed by atoms with Crippen molar-refractivity contribution in [2.75, 3.05) is 13.7 Å². The molecule has 0 saturated heterocycles. The van der Waals surface area contributed by atoms with Gasteiger partial charge in [0.15, 0.2) is 0 Å². The molecule has 1 rings (SSSR count). The van der Waals surface area contributed by atoms with Crippen LogP contribution in [0.15, 0.2) is 22.7 Å². The van der Waals surface area contributed by atoms with E-state index in [-0.39, 0.29) is 6.04 Å². The highest BCUT2D eigenvalue weighted by Crippen LogP contribution is 2.28. The standard InChI is InChI=1S/C13H20BrNO2/c1-4-11(16)8-17-13-7-10(14)5-6-12(13)9(2)15-3/h5-7,9,11,15-16H,4,8H2,1-3H3. The first-order valence-electron chi connectivity index (χ1n) is 5.86. The van der Waals surface area contributed by atoms with Gasteiger partial charge in [-0.05, 0) is 32.5 Å². The van der Waals surface area contributed by atoms with Gasteiger partial charge in [-0.2, -0.15) is 0 Å². The molecular weight excluding hydrogens is 282 g/mol. The Bertz CT molecular complexity index is 357. The summed E-state index contributed by atoms with van der Waals surface area (Å²) < 4.78 is 6.65. The van der Waals surface area contributed by atoms with E-state index in [0.29, 0.717) is 13.0 Å². The zero-order valence-corrected chi connectivity index (χ0v) is 12.1. The lowest BCUT2D eigenvalue weighted by Gasteiger charge is -2.18. The van der Waals surface area contributed by atoms with Gasteiger partial charge in [0.05, 0.1) is 6.10 Å². The molecule has 2 atom stereocenters. The molecule has 1 aromatic carbocycles. The third kappa shape index (κ3) is 4.30. The van der Waals surface area contributed by atoms with Crippen molar-refractivity contribution >= 4 is 15.9 Å². The van der Waals surface area contributed by atoms with Crippen molar-refractivity contribution in [3.63, 3.8) is 0 Å². The van der Waals surface area contributed by atoms with Crippen LogP contribution in [0.5, 0.6) is 5.75 Å². The van der Waals surface area contributed by atoms with Crippen molar-refractivity contribution in [2.24, 2.45) is 0 Å². The number of rotatable bonds is 6. The zero-order chi connectivity index (χ0) is 12.8. The largest absolute Gasteiger partial charge is 0.491 e. The average Bonchev–Trinajstić information content (AvgIpc) is 2.35. The summed E-state index contributed by atoms with van der Waals surface area (Å²) in [5, 5.41) is 12.7. The second-order valence-corrected chi connectivity index (χ2v) is 4.98. The van der Waals surface area contributed by atoms with Crippen LogP contribution in [-0.2, 0) is 0 Å². The predicted molar refractivity (Wildman–Crippen MR) is 73.4 cm³/mol. The van der Waals surface area contributed by atoms with Crippen LogP contribution < -0.4 is 10.1 Å². The fourth-order valence-corrected chi connectivity index (χ4v) is 1.79. The minimum absolute atomic E-state index is 0.219. The normalized spacial score (nSPS) is 14.4. The minimum atomic E-state index is -0.410. The monoisotopic (exact) mass is 301 g/mol. The number of aliphatic hydroxyl groups is 1. The molecule has 0 heterocycles. The van der Waals surface area contributed by atoms with E-state index in [0.717, 1.165) is 15.8 Å². The molecule has 17 heavy (non-hydrogen) atoms. The quantitative estimate of drug-likeness (QED) is 0.849. The van der Waals surface area contributed by atoms with Crippen LogP contribution in [0, 0.1) is 0 Å². The van der Waals surface area contributed by atoms with E-state index in [9.17, 15) is 5.11 Å². The van der Waals surface area contributed by atoms with Crippen molar-refractivity contribution in [1.82, 2.24) is 5.32 Å². The number of hydrogen-bond acceptors (Lipinski definition) is 3. The molecule has 0 amide bonds. The molecule has 2 unspecified atom stereocenters. The van der Waals surface area contributed by atoms with E-state index < -0.39 is 6.10 Å². The lowest BCUT2D eigenvalue weighted by Crippen LogP contribution is -2.18. The Morgan fingerprint density at radius 1 is 1.47 bits per heavy atom. The summed E-state index contributed by atoms with van der Waals surface area (Å²) in [6, 6.07) is 6.17. The molecule has 0 bridgehead atoms. The van der Waals surface area contributed by atoms with E-state index in [1.807, 2.05) is 32.2 Å². The van der Waals surface area contributed by atoms with Crippen molar-refractivity contribution in [3.8, 4) is 5.75 Å². The van der Waals surface area contributed by atoms with Crippen molar-refractivity contribution in [3.05, 3.63) is 28.2 Å². The van der Waals surface area contributed by atoms with E-state index in [1.165, 1.54) is 0 Å². The smallest absolute Gasteiger partial charge is 0.125 e. The maximum absolute atomic E-state index is 9.52. The number of aliphatic hydroxyl groups excluding tert-OH is 1. The molecule has 96 valence electrons. The Balaban J connectivity index is 2.83. The molecule has 2 N–H and O–H groups in total. The van der Waals surface area contributed by atoms with E-state index in [4.69, 9.17) is 4.74 Å². The van der Waals surface area contributed by atoms with Crippen LogP contribution in [0.2, 0.25) is 0 Å². The Labute approximate surface area is 111 Å². The zero-order valence-electron chi connectivity index (χ0n) is 10.5. The van der Waals surface area contributed by atoms with Crippen molar-refractivity contribution < 1.29 is 9.84 Å². The lowest BCUT2D eigenvalue weighted by atomic mass is 10.1. The van der Waals surface area contributed by atoms with E-state index in [1.54, 1.807) is 0 Å². The first kappa shape index (κ1) is 14.5. The van der Waals surface area contributed by atoms with Crippen LogP contribution in [0.4, 0.5) is 0 Å². The molecule has 0 aromatic heterocycles. The fraction of sp³-hybridized carbons (Fsp3) is 0.538. The molecule has 0 fully saturated rings. The molecule has 0 aliphatic rings. The number of benzene rings is 1. The Hall–Kier alpha value is -0.580. The maximum Gasteiger partial charge on any atom is 0.125 e. The van der Waals surface area contributed by atoms with Gasteiger partial charge in [0.2, 0.25) is 0 Å². The highest BCUT2D eigenvalue weighted by molar-refractivity contribution is 9.10. The van der Waals surface area contributed by atoms with Gasteiger partial charge >= 0.3 is 0 Å². The van der Waals surface area contributed by atoms with Crippen LogP contribution in [0.1, 0.15) is 31.9 Å². The number of hydrogen-bond donors (Lipinski definition) is 2. The molecule has 0 spiro atoms. The first-order valence-corrected chi connectivity index (χ1v) is 6.65. The summed E-state index contributed by atoms with van der Waals surface area (Å²) in [4.78, 5) is 0. The van der Waals surface area contributed by atoms with Crippen LogP contribution in [0.25, 0.3) is 0 Å². The van der Waals surface area contributed by atoms with Gasteiger partial charge in [0.25, 0.3) is 0 Å². The molecule has 1 aromatic rings. The summed E-state index contributed by atoms with van der Waals surface area (Å²) in [7, 11) is 1.91. The summed E-state index contributed by atoms with van der Waals surface area (Å²) in [6.45, 7) is 4.34. The number of ether oxygens (including phenoxy) is 1. The Kier molecular flexibility index (Phi) is 5.95. The topological polar surface area (TPSA) is 41.5 Å². The molecule has 3 nitrogen and oxygen atoms in total. The van der Waals surface area contributed by atoms with Crippen LogP contribution in [0.3, 0.4) is 0 Å². The highest BCUT2D eigenvalue weighted by atomic mass is 79.9. The molecule has 0 radical (unpaired) electrons. The molecule has 4 heteroatoms. The second-order valence-electron chi connectivity index (χ2n) is 4.07. The summed E-state index contributed by atoms with van der Waals surface area (Å²) in [5.41, 5.74) is 1.10. The summed E-state index contributed by atoms with van der Waals surface area (Å²) in [6.07, 6.45) is 0.289. The molecule has 0 saturated carbocycles. The molecule has 0 aliphatic heterocycles. The van der Waals surface area contributed by atoms with Gasteiger partial charge in [0, 0.05) is 16.1 Å². The Morgan fingerprint density at radius 2 is 2.18 bits per heavy atom. The number of halogens is 1. The van der Waals surface area contributed by atoms with Crippen molar-refractivity contribution in [2.45, 2.75) is 32.4 Å². The van der Waals surface area contributed by atoms with Gasteiger partial charge in [-0.3, -0.25) is 0 Å². The molecule has 0 aliphatic carbocycles. The SMILES string of the molecule is CCC(O)COc1cc(Br)ccc1C(C)NC. The van der Waals surface area contributed by atoms with Gasteiger partial charge in [-0.1, -0.05) is 28.9 Å². The van der Waals surface area contributed by atoms with Gasteiger partial charge in [-0.15, -0.1) is 0 Å². The fourth-order valence-electron chi connectivity index (χ4n) is 1.45. The van der Waals surface area contributed by atoms with Crippen LogP contribution >= 0.6 is 15.9 Å². The summed E-state index contributed by atoms with van der Waals surface area (Å²) >= 11 is 3.43. The predicted octanol–water partition coefficient (Wildman–Crippen LogP) is 2.88. The third-order valence-corrected chi connectivity index (χ3v) is 3.27. The minimum Gasteiger partial charge on any atom is -0.491 e. The highest BCUT2D eigenvalue weighted by Gasteiger charge is 2.11. The van der Waals surface area contributed by atoms with E-state index >= 15 is 0 Å². The van der Waals surface area contributed by atoms with Crippen molar-refractivity contribution in [1.29, 1.82) is 0 Å².